The molecule has 4 heteroatoms. The minimum atomic E-state index is 0.153. The summed E-state index contributed by atoms with van der Waals surface area (Å²) in [6, 6.07) is 6.03. The van der Waals surface area contributed by atoms with E-state index >= 15 is 0 Å². The number of phenolic OH excluding ortho intramolecular Hbond substituents is 1. The van der Waals surface area contributed by atoms with Crippen LogP contribution >= 0.6 is 23.4 Å². The van der Waals surface area contributed by atoms with Crippen LogP contribution in [-0.4, -0.2) is 22.2 Å². The Hall–Kier alpha value is -0.380. The lowest BCUT2D eigenvalue weighted by Gasteiger charge is -2.20. The number of aromatic hydroxyl groups is 1. The van der Waals surface area contributed by atoms with Gasteiger partial charge >= 0.3 is 0 Å². The number of phenols is 1. The molecule has 2 N–H and O–H groups in total. The van der Waals surface area contributed by atoms with Gasteiger partial charge in [0.25, 0.3) is 0 Å². The summed E-state index contributed by atoms with van der Waals surface area (Å²) < 4.78 is 0. The summed E-state index contributed by atoms with van der Waals surface area (Å²) in [4.78, 5) is 0. The van der Waals surface area contributed by atoms with E-state index in [0.29, 0.717) is 11.1 Å². The molecule has 0 aromatic heterocycles. The zero-order valence-corrected chi connectivity index (χ0v) is 12.2. The van der Waals surface area contributed by atoms with E-state index in [9.17, 15) is 5.11 Å². The first-order chi connectivity index (χ1) is 8.70. The van der Waals surface area contributed by atoms with Gasteiger partial charge in [-0.1, -0.05) is 31.0 Å². The maximum absolute atomic E-state index is 9.38. The van der Waals surface area contributed by atoms with E-state index < -0.39 is 0 Å². The standard InChI is InChI=1S/C14H20ClNOS/c1-2-18-14-5-3-4-12(14)16-9-10-6-7-13(17)11(15)8-10/h6-8,12,14,16-17H,2-5,9H2,1H3. The van der Waals surface area contributed by atoms with Crippen LogP contribution in [0.5, 0.6) is 5.75 Å². The second-order valence-electron chi connectivity index (χ2n) is 4.70. The Morgan fingerprint density at radius 1 is 1.44 bits per heavy atom. The summed E-state index contributed by atoms with van der Waals surface area (Å²) in [6.07, 6.45) is 3.92. The van der Waals surface area contributed by atoms with E-state index in [1.807, 2.05) is 12.1 Å². The molecule has 1 fully saturated rings. The van der Waals surface area contributed by atoms with Crippen molar-refractivity contribution in [2.75, 3.05) is 5.75 Å². The Morgan fingerprint density at radius 2 is 2.28 bits per heavy atom. The van der Waals surface area contributed by atoms with Crippen molar-refractivity contribution >= 4 is 23.4 Å². The molecule has 1 aliphatic rings. The Balaban J connectivity index is 1.88. The topological polar surface area (TPSA) is 32.3 Å². The van der Waals surface area contributed by atoms with Crippen molar-refractivity contribution in [2.24, 2.45) is 0 Å². The van der Waals surface area contributed by atoms with Gasteiger partial charge in [-0.15, -0.1) is 0 Å². The fourth-order valence-electron chi connectivity index (χ4n) is 2.48. The van der Waals surface area contributed by atoms with Crippen molar-refractivity contribution in [1.29, 1.82) is 0 Å². The average molecular weight is 286 g/mol. The van der Waals surface area contributed by atoms with Gasteiger partial charge in [0.1, 0.15) is 5.75 Å². The molecule has 0 spiro atoms. The molecule has 1 aromatic rings. The van der Waals surface area contributed by atoms with Gasteiger partial charge in [0.05, 0.1) is 5.02 Å². The molecule has 0 saturated heterocycles. The van der Waals surface area contributed by atoms with Gasteiger partial charge in [0.15, 0.2) is 0 Å². The van der Waals surface area contributed by atoms with Crippen molar-refractivity contribution in [3.63, 3.8) is 0 Å². The first-order valence-corrected chi connectivity index (χ1v) is 7.95. The summed E-state index contributed by atoms with van der Waals surface area (Å²) in [5.74, 6) is 1.34. The number of benzene rings is 1. The van der Waals surface area contributed by atoms with Gasteiger partial charge < -0.3 is 10.4 Å². The highest BCUT2D eigenvalue weighted by atomic mass is 35.5. The molecular formula is C14H20ClNOS. The first kappa shape index (κ1) is 14.0. The molecule has 1 saturated carbocycles. The van der Waals surface area contributed by atoms with E-state index in [2.05, 4.69) is 24.0 Å². The van der Waals surface area contributed by atoms with E-state index in [0.717, 1.165) is 17.4 Å². The smallest absolute Gasteiger partial charge is 0.134 e. The zero-order valence-electron chi connectivity index (χ0n) is 10.7. The van der Waals surface area contributed by atoms with Crippen LogP contribution in [-0.2, 0) is 6.54 Å². The number of hydrogen-bond acceptors (Lipinski definition) is 3. The molecule has 2 unspecified atom stereocenters. The van der Waals surface area contributed by atoms with Crippen LogP contribution in [0.15, 0.2) is 18.2 Å². The lowest BCUT2D eigenvalue weighted by Crippen LogP contribution is -2.33. The number of nitrogens with one attached hydrogen (secondary N) is 1. The van der Waals surface area contributed by atoms with Crippen LogP contribution in [0.1, 0.15) is 31.7 Å². The molecule has 0 amide bonds. The van der Waals surface area contributed by atoms with Crippen LogP contribution in [0.25, 0.3) is 0 Å². The number of thioether (sulfide) groups is 1. The quantitative estimate of drug-likeness (QED) is 0.863. The Bertz CT molecular complexity index is 399. The second kappa shape index (κ2) is 6.69. The van der Waals surface area contributed by atoms with E-state index in [-0.39, 0.29) is 5.75 Å². The monoisotopic (exact) mass is 285 g/mol. The van der Waals surface area contributed by atoms with Crippen LogP contribution < -0.4 is 5.32 Å². The summed E-state index contributed by atoms with van der Waals surface area (Å²) in [5.41, 5.74) is 1.13. The van der Waals surface area contributed by atoms with Gasteiger partial charge in [-0.2, -0.15) is 11.8 Å². The van der Waals surface area contributed by atoms with Gasteiger partial charge in [-0.3, -0.25) is 0 Å². The minimum absolute atomic E-state index is 0.153. The predicted molar refractivity (Wildman–Crippen MR) is 79.5 cm³/mol. The molecule has 1 aromatic carbocycles. The van der Waals surface area contributed by atoms with Crippen LogP contribution in [0, 0.1) is 0 Å². The molecule has 100 valence electrons. The maximum Gasteiger partial charge on any atom is 0.134 e. The zero-order chi connectivity index (χ0) is 13.0. The van der Waals surface area contributed by atoms with Crippen molar-refractivity contribution in [2.45, 2.75) is 44.0 Å². The summed E-state index contributed by atoms with van der Waals surface area (Å²) >= 11 is 7.96. The predicted octanol–water partition coefficient (Wildman–Crippen LogP) is 3.81. The molecule has 2 atom stereocenters. The largest absolute Gasteiger partial charge is 0.506 e. The summed E-state index contributed by atoms with van der Waals surface area (Å²) in [7, 11) is 0. The van der Waals surface area contributed by atoms with Crippen LogP contribution in [0.4, 0.5) is 0 Å². The molecule has 18 heavy (non-hydrogen) atoms. The second-order valence-corrected chi connectivity index (χ2v) is 6.62. The normalized spacial score (nSPS) is 23.4. The maximum atomic E-state index is 9.38. The fraction of sp³-hybridized carbons (Fsp3) is 0.571. The van der Waals surface area contributed by atoms with Crippen LogP contribution in [0.3, 0.4) is 0 Å². The van der Waals surface area contributed by atoms with Crippen molar-refractivity contribution < 1.29 is 5.11 Å². The number of halogens is 1. The molecule has 1 aliphatic carbocycles. The molecule has 0 heterocycles. The Labute approximate surface area is 118 Å². The molecule has 2 nitrogen and oxygen atoms in total. The highest BCUT2D eigenvalue weighted by Gasteiger charge is 2.26. The Morgan fingerprint density at radius 3 is 3.00 bits per heavy atom. The number of rotatable bonds is 5. The molecular weight excluding hydrogens is 266 g/mol. The van der Waals surface area contributed by atoms with Gasteiger partial charge in [-0.05, 0) is 36.3 Å². The van der Waals surface area contributed by atoms with Gasteiger partial charge in [0.2, 0.25) is 0 Å². The molecule has 0 aliphatic heterocycles. The minimum Gasteiger partial charge on any atom is -0.506 e. The van der Waals surface area contributed by atoms with Gasteiger partial charge in [0, 0.05) is 17.8 Å². The lowest BCUT2D eigenvalue weighted by molar-refractivity contribution is 0.475. The van der Waals surface area contributed by atoms with Crippen molar-refractivity contribution in [3.8, 4) is 5.75 Å². The Kier molecular flexibility index (Phi) is 5.22. The van der Waals surface area contributed by atoms with E-state index in [1.54, 1.807) is 6.07 Å². The SMILES string of the molecule is CCSC1CCCC1NCc1ccc(O)c(Cl)c1. The summed E-state index contributed by atoms with van der Waals surface area (Å²) in [6.45, 7) is 3.05. The highest BCUT2D eigenvalue weighted by Crippen LogP contribution is 2.30. The number of hydrogen-bond donors (Lipinski definition) is 2. The summed E-state index contributed by atoms with van der Waals surface area (Å²) in [5, 5.41) is 14.2. The highest BCUT2D eigenvalue weighted by molar-refractivity contribution is 7.99. The first-order valence-electron chi connectivity index (χ1n) is 6.53. The van der Waals surface area contributed by atoms with Crippen molar-refractivity contribution in [1.82, 2.24) is 5.32 Å². The third kappa shape index (κ3) is 3.56. The van der Waals surface area contributed by atoms with Crippen LogP contribution in [0.2, 0.25) is 5.02 Å². The third-order valence-electron chi connectivity index (χ3n) is 3.41. The molecule has 2 rings (SSSR count). The van der Waals surface area contributed by atoms with E-state index in [1.165, 1.54) is 25.0 Å². The molecule has 0 bridgehead atoms. The third-order valence-corrected chi connectivity index (χ3v) is 5.04. The van der Waals surface area contributed by atoms with Gasteiger partial charge in [-0.25, -0.2) is 0 Å². The molecule has 0 radical (unpaired) electrons. The fourth-order valence-corrected chi connectivity index (χ4v) is 3.91. The lowest BCUT2D eigenvalue weighted by atomic mass is 10.2. The van der Waals surface area contributed by atoms with E-state index in [4.69, 9.17) is 11.6 Å². The van der Waals surface area contributed by atoms with Crippen molar-refractivity contribution in [3.05, 3.63) is 28.8 Å². The average Bonchev–Trinajstić information content (AvgIpc) is 2.79.